The highest BCUT2D eigenvalue weighted by Gasteiger charge is 2.04. The Morgan fingerprint density at radius 3 is 2.38 bits per heavy atom. The van der Waals surface area contributed by atoms with Gasteiger partial charge in [0.25, 0.3) is 11.8 Å². The zero-order valence-corrected chi connectivity index (χ0v) is 16.8. The molecule has 8 heteroatoms. The number of hydrogen-bond acceptors (Lipinski definition) is 5. The van der Waals surface area contributed by atoms with Gasteiger partial charge in [0, 0.05) is 28.1 Å². The molecule has 0 radical (unpaired) electrons. The van der Waals surface area contributed by atoms with Gasteiger partial charge in [0.2, 0.25) is 0 Å². The van der Waals surface area contributed by atoms with E-state index < -0.39 is 0 Å². The van der Waals surface area contributed by atoms with E-state index in [4.69, 9.17) is 4.74 Å². The molecule has 0 fully saturated rings. The number of halogens is 1. The molecule has 0 saturated carbocycles. The summed E-state index contributed by atoms with van der Waals surface area (Å²) in [5.41, 5.74) is 4.39. The van der Waals surface area contributed by atoms with E-state index in [1.807, 2.05) is 12.1 Å². The molecule has 0 aliphatic carbocycles. The van der Waals surface area contributed by atoms with Crippen LogP contribution in [0, 0.1) is 0 Å². The Labute approximate surface area is 175 Å². The fourth-order valence-electron chi connectivity index (χ4n) is 2.26. The number of ether oxygens (including phenoxy) is 1. The quantitative estimate of drug-likeness (QED) is 0.422. The molecule has 29 heavy (non-hydrogen) atoms. The maximum Gasteiger partial charge on any atom is 0.271 e. The van der Waals surface area contributed by atoms with Crippen LogP contribution in [0.5, 0.6) is 5.75 Å². The van der Waals surface area contributed by atoms with Crippen LogP contribution in [0.3, 0.4) is 0 Å². The lowest BCUT2D eigenvalue weighted by atomic mass is 10.2. The molecule has 0 bridgehead atoms. The summed E-state index contributed by atoms with van der Waals surface area (Å²) >= 11 is 3.34. The lowest BCUT2D eigenvalue weighted by Crippen LogP contribution is -2.20. The first-order valence-electron chi connectivity index (χ1n) is 8.62. The van der Waals surface area contributed by atoms with Crippen molar-refractivity contribution in [2.24, 2.45) is 5.10 Å². The molecule has 0 saturated heterocycles. The lowest BCUT2D eigenvalue weighted by molar-refractivity contribution is -0.118. The van der Waals surface area contributed by atoms with E-state index in [0.29, 0.717) is 17.0 Å². The standard InChI is InChI=1S/C21H17BrN4O3/c22-17-3-5-18(6-4-17)25-20(27)14-29-19-7-1-15(2-8-19)13-24-26-21(28)16-9-11-23-12-10-16/h1-13H,14H2,(H,25,27)(H,26,28)/b24-13+. The Bertz CT molecular complexity index is 991. The summed E-state index contributed by atoms with van der Waals surface area (Å²) < 4.78 is 6.42. The molecule has 0 aliphatic heterocycles. The minimum absolute atomic E-state index is 0.106. The maximum absolute atomic E-state index is 11.9. The lowest BCUT2D eigenvalue weighted by Gasteiger charge is -2.08. The number of rotatable bonds is 7. The third-order valence-corrected chi connectivity index (χ3v) is 4.23. The Morgan fingerprint density at radius 1 is 1.00 bits per heavy atom. The predicted molar refractivity (Wildman–Crippen MR) is 114 cm³/mol. The van der Waals surface area contributed by atoms with E-state index in [1.165, 1.54) is 18.6 Å². The molecular weight excluding hydrogens is 436 g/mol. The number of carbonyl (C=O) groups is 2. The SMILES string of the molecule is O=C(COc1ccc(/C=N/NC(=O)c2ccncc2)cc1)Nc1ccc(Br)cc1. The van der Waals surface area contributed by atoms with Crippen LogP contribution in [-0.4, -0.2) is 29.6 Å². The molecule has 2 amide bonds. The van der Waals surface area contributed by atoms with Crippen molar-refractivity contribution >= 4 is 39.6 Å². The van der Waals surface area contributed by atoms with Crippen LogP contribution in [0.25, 0.3) is 0 Å². The number of benzene rings is 2. The van der Waals surface area contributed by atoms with E-state index in [9.17, 15) is 9.59 Å². The number of hydrazone groups is 1. The first-order valence-corrected chi connectivity index (χ1v) is 9.41. The third kappa shape index (κ3) is 6.54. The fourth-order valence-corrected chi connectivity index (χ4v) is 2.53. The summed E-state index contributed by atoms with van der Waals surface area (Å²) in [5, 5.41) is 6.67. The van der Waals surface area contributed by atoms with Crippen LogP contribution < -0.4 is 15.5 Å². The first kappa shape index (κ1) is 20.2. The Hall–Kier alpha value is -3.52. The zero-order valence-electron chi connectivity index (χ0n) is 15.2. The van der Waals surface area contributed by atoms with Gasteiger partial charge in [-0.05, 0) is 66.2 Å². The predicted octanol–water partition coefficient (Wildman–Crippen LogP) is 3.63. The van der Waals surface area contributed by atoms with E-state index in [0.717, 1.165) is 10.0 Å². The molecule has 2 N–H and O–H groups in total. The van der Waals surface area contributed by atoms with Crippen LogP contribution in [-0.2, 0) is 4.79 Å². The van der Waals surface area contributed by atoms with Crippen LogP contribution >= 0.6 is 15.9 Å². The largest absolute Gasteiger partial charge is 0.484 e. The summed E-state index contributed by atoms with van der Waals surface area (Å²) in [4.78, 5) is 27.7. The number of nitrogens with one attached hydrogen (secondary N) is 2. The van der Waals surface area contributed by atoms with Gasteiger partial charge in [-0.15, -0.1) is 0 Å². The van der Waals surface area contributed by atoms with Gasteiger partial charge in [-0.1, -0.05) is 15.9 Å². The average molecular weight is 453 g/mol. The highest BCUT2D eigenvalue weighted by molar-refractivity contribution is 9.10. The molecule has 1 heterocycles. The zero-order chi connectivity index (χ0) is 20.5. The van der Waals surface area contributed by atoms with Crippen molar-refractivity contribution in [3.05, 3.63) is 88.7 Å². The maximum atomic E-state index is 11.9. The Kier molecular flexibility index (Phi) is 7.07. The molecule has 0 aliphatic rings. The summed E-state index contributed by atoms with van der Waals surface area (Å²) in [6.45, 7) is -0.106. The van der Waals surface area contributed by atoms with Crippen molar-refractivity contribution in [2.75, 3.05) is 11.9 Å². The topological polar surface area (TPSA) is 92.7 Å². The summed E-state index contributed by atoms with van der Waals surface area (Å²) in [5.74, 6) is -0.0221. The number of amides is 2. The van der Waals surface area contributed by atoms with Crippen molar-refractivity contribution in [3.63, 3.8) is 0 Å². The third-order valence-electron chi connectivity index (χ3n) is 3.70. The van der Waals surface area contributed by atoms with Gasteiger partial charge >= 0.3 is 0 Å². The van der Waals surface area contributed by atoms with Crippen molar-refractivity contribution < 1.29 is 14.3 Å². The number of hydrogen-bond donors (Lipinski definition) is 2. The molecule has 2 aromatic carbocycles. The first-order chi connectivity index (χ1) is 14.1. The average Bonchev–Trinajstić information content (AvgIpc) is 2.75. The second-order valence-corrected chi connectivity index (χ2v) is 6.76. The molecular formula is C21H17BrN4O3. The van der Waals surface area contributed by atoms with E-state index >= 15 is 0 Å². The Balaban J connectivity index is 1.45. The van der Waals surface area contributed by atoms with Gasteiger partial charge < -0.3 is 10.1 Å². The summed E-state index contributed by atoms with van der Waals surface area (Å²) in [7, 11) is 0. The number of anilines is 1. The molecule has 3 rings (SSSR count). The van der Waals surface area contributed by atoms with Gasteiger partial charge in [-0.2, -0.15) is 5.10 Å². The smallest absolute Gasteiger partial charge is 0.271 e. The number of pyridine rings is 1. The van der Waals surface area contributed by atoms with Crippen molar-refractivity contribution in [2.45, 2.75) is 0 Å². The highest BCUT2D eigenvalue weighted by Crippen LogP contribution is 2.14. The van der Waals surface area contributed by atoms with Gasteiger partial charge in [0.05, 0.1) is 6.21 Å². The van der Waals surface area contributed by atoms with Crippen LogP contribution in [0.15, 0.2) is 82.6 Å². The van der Waals surface area contributed by atoms with Crippen molar-refractivity contribution in [1.29, 1.82) is 0 Å². The fraction of sp³-hybridized carbons (Fsp3) is 0.0476. The molecule has 146 valence electrons. The summed E-state index contributed by atoms with van der Waals surface area (Å²) in [6.07, 6.45) is 4.59. The molecule has 7 nitrogen and oxygen atoms in total. The van der Waals surface area contributed by atoms with Crippen LogP contribution in [0.2, 0.25) is 0 Å². The van der Waals surface area contributed by atoms with Crippen LogP contribution in [0.4, 0.5) is 5.69 Å². The minimum atomic E-state index is -0.319. The monoisotopic (exact) mass is 452 g/mol. The van der Waals surface area contributed by atoms with Gasteiger partial charge in [-0.25, -0.2) is 5.43 Å². The van der Waals surface area contributed by atoms with Gasteiger partial charge in [0.1, 0.15) is 5.75 Å². The van der Waals surface area contributed by atoms with E-state index in [-0.39, 0.29) is 18.4 Å². The summed E-state index contributed by atoms with van der Waals surface area (Å²) in [6, 6.07) is 17.5. The van der Waals surface area contributed by atoms with Gasteiger partial charge in [0.15, 0.2) is 6.61 Å². The molecule has 1 aromatic heterocycles. The molecule has 0 spiro atoms. The minimum Gasteiger partial charge on any atom is -0.484 e. The molecule has 0 unspecified atom stereocenters. The van der Waals surface area contributed by atoms with Crippen LogP contribution in [0.1, 0.15) is 15.9 Å². The van der Waals surface area contributed by atoms with E-state index in [2.05, 4.69) is 36.8 Å². The molecule has 0 atom stereocenters. The van der Waals surface area contributed by atoms with E-state index in [1.54, 1.807) is 48.5 Å². The second kappa shape index (κ2) is 10.1. The Morgan fingerprint density at radius 2 is 1.69 bits per heavy atom. The van der Waals surface area contributed by atoms with Crippen molar-refractivity contribution in [3.8, 4) is 5.75 Å². The number of nitrogens with zero attached hydrogens (tertiary/aromatic N) is 2. The van der Waals surface area contributed by atoms with Gasteiger partial charge in [-0.3, -0.25) is 14.6 Å². The number of aromatic nitrogens is 1. The normalized spacial score (nSPS) is 10.5. The number of carbonyl (C=O) groups excluding carboxylic acids is 2. The second-order valence-electron chi connectivity index (χ2n) is 5.85. The highest BCUT2D eigenvalue weighted by atomic mass is 79.9. The van der Waals surface area contributed by atoms with Crippen molar-refractivity contribution in [1.82, 2.24) is 10.4 Å². The molecule has 3 aromatic rings.